The fraction of sp³-hybridized carbons (Fsp3) is 0.611. The van der Waals surface area contributed by atoms with Gasteiger partial charge in [-0.3, -0.25) is 4.79 Å². The summed E-state index contributed by atoms with van der Waals surface area (Å²) in [6.45, 7) is 2.40. The maximum atomic E-state index is 13.0. The van der Waals surface area contributed by atoms with Gasteiger partial charge in [0.25, 0.3) is 0 Å². The molecule has 5 nitrogen and oxygen atoms in total. The Hall–Kier alpha value is -1.11. The molecule has 1 atom stereocenters. The third-order valence-electron chi connectivity index (χ3n) is 5.29. The van der Waals surface area contributed by atoms with E-state index in [-0.39, 0.29) is 29.3 Å². The zero-order valence-electron chi connectivity index (χ0n) is 14.5. The van der Waals surface area contributed by atoms with Crippen molar-refractivity contribution in [3.8, 4) is 0 Å². The molecule has 3 rings (SSSR count). The van der Waals surface area contributed by atoms with Crippen LogP contribution in [0.1, 0.15) is 44.1 Å². The second kappa shape index (κ2) is 7.64. The summed E-state index contributed by atoms with van der Waals surface area (Å²) in [5.74, 6) is -0.279. The summed E-state index contributed by atoms with van der Waals surface area (Å²) >= 11 is 6.09. The van der Waals surface area contributed by atoms with Crippen LogP contribution in [0.15, 0.2) is 23.1 Å². The third kappa shape index (κ3) is 4.01. The molecule has 1 aromatic rings. The minimum absolute atomic E-state index is 0.00499. The number of nitrogens with one attached hydrogen (secondary N) is 1. The van der Waals surface area contributed by atoms with Crippen molar-refractivity contribution in [2.75, 3.05) is 13.1 Å². The predicted octanol–water partition coefficient (Wildman–Crippen LogP) is 3.11. The molecular weight excluding hydrogens is 360 g/mol. The molecule has 1 aliphatic carbocycles. The SMILES string of the molecule is Cc1c(Cl)cccc1S(=O)(=O)N1CCC[C@H](C(=O)NC2CCCC2)C1. The zero-order valence-corrected chi connectivity index (χ0v) is 16.1. The van der Waals surface area contributed by atoms with Crippen LogP contribution in [0.4, 0.5) is 0 Å². The molecular formula is C18H25ClN2O3S. The Bertz CT molecular complexity index is 745. The highest BCUT2D eigenvalue weighted by molar-refractivity contribution is 7.89. The molecule has 0 radical (unpaired) electrons. The Morgan fingerprint density at radius 1 is 1.20 bits per heavy atom. The Labute approximate surface area is 154 Å². The van der Waals surface area contributed by atoms with Gasteiger partial charge in [-0.05, 0) is 50.3 Å². The van der Waals surface area contributed by atoms with Crippen LogP contribution in [0.2, 0.25) is 5.02 Å². The predicted molar refractivity (Wildman–Crippen MR) is 98.1 cm³/mol. The molecule has 1 N–H and O–H groups in total. The number of hydrogen-bond acceptors (Lipinski definition) is 3. The fourth-order valence-corrected chi connectivity index (χ4v) is 5.77. The Morgan fingerprint density at radius 3 is 2.64 bits per heavy atom. The molecule has 1 amide bonds. The van der Waals surface area contributed by atoms with Crippen LogP contribution in [0, 0.1) is 12.8 Å². The van der Waals surface area contributed by atoms with Gasteiger partial charge in [0.2, 0.25) is 15.9 Å². The minimum atomic E-state index is -3.64. The number of nitrogens with zero attached hydrogens (tertiary/aromatic N) is 1. The van der Waals surface area contributed by atoms with Crippen LogP contribution in [0.3, 0.4) is 0 Å². The van der Waals surface area contributed by atoms with Crippen molar-refractivity contribution >= 4 is 27.5 Å². The molecule has 7 heteroatoms. The van der Waals surface area contributed by atoms with Crippen LogP contribution in [-0.2, 0) is 14.8 Å². The molecule has 138 valence electrons. The maximum Gasteiger partial charge on any atom is 0.243 e. The molecule has 0 bridgehead atoms. The Morgan fingerprint density at radius 2 is 1.92 bits per heavy atom. The van der Waals surface area contributed by atoms with Crippen molar-refractivity contribution in [3.63, 3.8) is 0 Å². The molecule has 2 aliphatic rings. The van der Waals surface area contributed by atoms with Gasteiger partial charge in [0, 0.05) is 24.2 Å². The average Bonchev–Trinajstić information content (AvgIpc) is 3.10. The van der Waals surface area contributed by atoms with E-state index in [1.54, 1.807) is 25.1 Å². The monoisotopic (exact) mass is 384 g/mol. The molecule has 0 spiro atoms. The van der Waals surface area contributed by atoms with Crippen molar-refractivity contribution in [1.29, 1.82) is 0 Å². The molecule has 1 saturated carbocycles. The standard InChI is InChI=1S/C18H25ClN2O3S/c1-13-16(19)9-4-10-17(13)25(23,24)21-11-5-6-14(12-21)18(22)20-15-7-2-3-8-15/h4,9-10,14-15H,2-3,5-8,11-12H2,1H3,(H,20,22)/t14-/m0/s1. The zero-order chi connectivity index (χ0) is 18.0. The van der Waals surface area contributed by atoms with E-state index >= 15 is 0 Å². The first kappa shape index (κ1) is 18.7. The number of halogens is 1. The summed E-state index contributed by atoms with van der Waals surface area (Å²) in [4.78, 5) is 12.8. The first-order chi connectivity index (χ1) is 11.9. The van der Waals surface area contributed by atoms with E-state index in [9.17, 15) is 13.2 Å². The van der Waals surface area contributed by atoms with Gasteiger partial charge in [-0.25, -0.2) is 8.42 Å². The van der Waals surface area contributed by atoms with Crippen molar-refractivity contribution in [3.05, 3.63) is 28.8 Å². The first-order valence-corrected chi connectivity index (χ1v) is 10.8. The van der Waals surface area contributed by atoms with Gasteiger partial charge in [-0.1, -0.05) is 30.5 Å². The fourth-order valence-electron chi connectivity index (χ4n) is 3.77. The number of carbonyl (C=O) groups is 1. The number of rotatable bonds is 4. The van der Waals surface area contributed by atoms with Crippen molar-refractivity contribution in [2.45, 2.75) is 56.4 Å². The highest BCUT2D eigenvalue weighted by atomic mass is 35.5. The van der Waals surface area contributed by atoms with E-state index in [4.69, 9.17) is 11.6 Å². The second-order valence-corrected chi connectivity index (χ2v) is 9.37. The van der Waals surface area contributed by atoms with Crippen LogP contribution >= 0.6 is 11.6 Å². The maximum absolute atomic E-state index is 13.0. The lowest BCUT2D eigenvalue weighted by Crippen LogP contribution is -2.47. The van der Waals surface area contributed by atoms with Crippen LogP contribution in [0.5, 0.6) is 0 Å². The highest BCUT2D eigenvalue weighted by Gasteiger charge is 2.35. The number of sulfonamides is 1. The Kier molecular flexibility index (Phi) is 5.71. The molecule has 1 aliphatic heterocycles. The molecule has 1 aromatic carbocycles. The largest absolute Gasteiger partial charge is 0.353 e. The summed E-state index contributed by atoms with van der Waals surface area (Å²) < 4.78 is 27.5. The van der Waals surface area contributed by atoms with Crippen molar-refractivity contribution < 1.29 is 13.2 Å². The van der Waals surface area contributed by atoms with E-state index in [1.807, 2.05) is 0 Å². The lowest BCUT2D eigenvalue weighted by atomic mass is 9.98. The minimum Gasteiger partial charge on any atom is -0.353 e. The molecule has 1 saturated heterocycles. The van der Waals surface area contributed by atoms with E-state index in [0.29, 0.717) is 23.6 Å². The van der Waals surface area contributed by atoms with E-state index in [0.717, 1.165) is 32.1 Å². The van der Waals surface area contributed by atoms with Gasteiger partial charge in [0.15, 0.2) is 0 Å². The summed E-state index contributed by atoms with van der Waals surface area (Å²) in [6, 6.07) is 5.17. The summed E-state index contributed by atoms with van der Waals surface area (Å²) in [7, 11) is -3.64. The van der Waals surface area contributed by atoms with Crippen molar-refractivity contribution in [1.82, 2.24) is 9.62 Å². The van der Waals surface area contributed by atoms with Gasteiger partial charge >= 0.3 is 0 Å². The molecule has 0 unspecified atom stereocenters. The number of benzene rings is 1. The molecule has 0 aromatic heterocycles. The lowest BCUT2D eigenvalue weighted by Gasteiger charge is -2.32. The van der Waals surface area contributed by atoms with E-state index in [2.05, 4.69) is 5.32 Å². The van der Waals surface area contributed by atoms with Crippen LogP contribution in [-0.4, -0.2) is 37.8 Å². The van der Waals surface area contributed by atoms with E-state index < -0.39 is 10.0 Å². The number of piperidine rings is 1. The van der Waals surface area contributed by atoms with Gasteiger partial charge in [-0.15, -0.1) is 0 Å². The normalized spacial score (nSPS) is 22.9. The molecule has 2 fully saturated rings. The molecule has 25 heavy (non-hydrogen) atoms. The quantitative estimate of drug-likeness (QED) is 0.867. The highest BCUT2D eigenvalue weighted by Crippen LogP contribution is 2.29. The number of amides is 1. The summed E-state index contributed by atoms with van der Waals surface area (Å²) in [5, 5.41) is 3.54. The summed E-state index contributed by atoms with van der Waals surface area (Å²) in [6.07, 6.45) is 5.80. The van der Waals surface area contributed by atoms with Crippen LogP contribution in [0.25, 0.3) is 0 Å². The first-order valence-electron chi connectivity index (χ1n) is 8.95. The van der Waals surface area contributed by atoms with E-state index in [1.165, 1.54) is 4.31 Å². The van der Waals surface area contributed by atoms with Gasteiger partial charge in [0.05, 0.1) is 10.8 Å². The third-order valence-corrected chi connectivity index (χ3v) is 7.71. The van der Waals surface area contributed by atoms with Crippen molar-refractivity contribution in [2.24, 2.45) is 5.92 Å². The topological polar surface area (TPSA) is 66.5 Å². The smallest absolute Gasteiger partial charge is 0.243 e. The van der Waals surface area contributed by atoms with Gasteiger partial charge in [0.1, 0.15) is 0 Å². The van der Waals surface area contributed by atoms with Gasteiger partial charge < -0.3 is 5.32 Å². The Balaban J connectivity index is 1.73. The number of hydrogen-bond donors (Lipinski definition) is 1. The van der Waals surface area contributed by atoms with Gasteiger partial charge in [-0.2, -0.15) is 4.31 Å². The summed E-state index contributed by atoms with van der Waals surface area (Å²) in [5.41, 5.74) is 0.557. The lowest BCUT2D eigenvalue weighted by molar-refractivity contribution is -0.126. The average molecular weight is 385 g/mol. The second-order valence-electron chi connectivity index (χ2n) is 7.06. The van der Waals surface area contributed by atoms with Crippen LogP contribution < -0.4 is 5.32 Å². The molecule has 1 heterocycles. The number of carbonyl (C=O) groups excluding carboxylic acids is 1.